The molecule has 0 aliphatic rings. The van der Waals surface area contributed by atoms with Crippen molar-refractivity contribution < 1.29 is 0 Å². The molecule has 0 radical (unpaired) electrons. The summed E-state index contributed by atoms with van der Waals surface area (Å²) >= 11 is 0.336. The third-order valence-electron chi connectivity index (χ3n) is 4.17. The van der Waals surface area contributed by atoms with E-state index < -0.39 is 0 Å². The first-order valence-corrected chi connectivity index (χ1v) is 12.5. The van der Waals surface area contributed by atoms with Crippen molar-refractivity contribution in [2.45, 2.75) is 25.7 Å². The second kappa shape index (κ2) is 9.30. The van der Waals surface area contributed by atoms with Gasteiger partial charge in [0, 0.05) is 0 Å². The Morgan fingerprint density at radius 1 is 0.750 bits per heavy atom. The number of anilines is 4. The molecule has 4 rings (SSSR count). The minimum atomic E-state index is 0.161. The van der Waals surface area contributed by atoms with Crippen molar-refractivity contribution in [1.29, 1.82) is 0 Å². The number of hydrogen-bond acceptors (Lipinski definition) is 6. The molecular formula is C20H20N6Se2. The molecule has 0 aliphatic carbocycles. The number of para-hydroxylation sites is 2. The molecule has 0 fully saturated rings. The number of benzene rings is 2. The van der Waals surface area contributed by atoms with Gasteiger partial charge >= 0.3 is 176 Å². The third-order valence-corrected chi connectivity index (χ3v) is 8.30. The Morgan fingerprint density at radius 2 is 1.32 bits per heavy atom. The van der Waals surface area contributed by atoms with Gasteiger partial charge < -0.3 is 0 Å². The molecule has 4 aromatic rings. The molecular weight excluding hydrogens is 482 g/mol. The molecule has 0 amide bonds. The first kappa shape index (κ1) is 19.1. The first-order chi connectivity index (χ1) is 13.8. The molecule has 0 saturated carbocycles. The van der Waals surface area contributed by atoms with Crippen LogP contribution in [0.3, 0.4) is 0 Å². The molecule has 1 atom stereocenters. The van der Waals surface area contributed by atoms with Crippen molar-refractivity contribution in [3.63, 3.8) is 0 Å². The monoisotopic (exact) mass is 504 g/mol. The van der Waals surface area contributed by atoms with E-state index in [2.05, 4.69) is 38.0 Å². The summed E-state index contributed by atoms with van der Waals surface area (Å²) in [5.41, 5.74) is 2.12. The van der Waals surface area contributed by atoms with E-state index in [4.69, 9.17) is 0 Å². The van der Waals surface area contributed by atoms with Gasteiger partial charge in [0.05, 0.1) is 0 Å². The van der Waals surface area contributed by atoms with Gasteiger partial charge in [-0.2, -0.15) is 0 Å². The van der Waals surface area contributed by atoms with Gasteiger partial charge in [-0.3, -0.25) is 0 Å². The van der Waals surface area contributed by atoms with E-state index in [1.807, 2.05) is 60.7 Å². The fraction of sp³-hybridized carbons (Fsp3) is 0.200. The van der Waals surface area contributed by atoms with Crippen molar-refractivity contribution >= 4 is 49.8 Å². The van der Waals surface area contributed by atoms with E-state index in [0.717, 1.165) is 33.6 Å². The van der Waals surface area contributed by atoms with Gasteiger partial charge in [0.1, 0.15) is 0 Å². The molecule has 142 valence electrons. The summed E-state index contributed by atoms with van der Waals surface area (Å²) in [5, 5.41) is 24.2. The van der Waals surface area contributed by atoms with E-state index in [1.54, 1.807) is 0 Å². The molecule has 2 aromatic carbocycles. The van der Waals surface area contributed by atoms with Gasteiger partial charge in [-0.05, 0) is 0 Å². The van der Waals surface area contributed by atoms with Crippen LogP contribution in [0, 0.1) is 0 Å². The van der Waals surface area contributed by atoms with E-state index in [-0.39, 0.29) is 29.0 Å². The molecule has 2 N–H and O–H groups in total. The Labute approximate surface area is 175 Å². The second-order valence-corrected chi connectivity index (χ2v) is 10.7. The summed E-state index contributed by atoms with van der Waals surface area (Å²) in [6.07, 6.45) is 1.99. The predicted octanol–water partition coefficient (Wildman–Crippen LogP) is 3.60. The fourth-order valence-corrected chi connectivity index (χ4v) is 6.05. The van der Waals surface area contributed by atoms with E-state index >= 15 is 0 Å². The SMILES string of the molecule is CC(CCc1nnc(Nc2ccccc2)[se]1)c1nnc(Nc2ccccc2)[se]1. The van der Waals surface area contributed by atoms with Crippen molar-refractivity contribution in [2.75, 3.05) is 10.6 Å². The Balaban J connectivity index is 1.30. The van der Waals surface area contributed by atoms with Crippen LogP contribution in [0.2, 0.25) is 0 Å². The normalized spacial score (nSPS) is 11.9. The molecule has 1 unspecified atom stereocenters. The minimum absolute atomic E-state index is 0.161. The first-order valence-electron chi connectivity index (χ1n) is 9.06. The summed E-state index contributed by atoms with van der Waals surface area (Å²) in [6.45, 7) is 2.23. The van der Waals surface area contributed by atoms with Crippen LogP contribution in [-0.4, -0.2) is 49.4 Å². The zero-order valence-electron chi connectivity index (χ0n) is 15.4. The Kier molecular flexibility index (Phi) is 6.34. The van der Waals surface area contributed by atoms with Crippen molar-refractivity contribution in [1.82, 2.24) is 20.4 Å². The number of aromatic nitrogens is 4. The van der Waals surface area contributed by atoms with E-state index in [9.17, 15) is 0 Å². The topological polar surface area (TPSA) is 75.6 Å². The Morgan fingerprint density at radius 3 is 1.96 bits per heavy atom. The summed E-state index contributed by atoms with van der Waals surface area (Å²) in [5.74, 6) is 0.406. The van der Waals surface area contributed by atoms with Crippen LogP contribution in [-0.2, 0) is 6.42 Å². The average Bonchev–Trinajstić information content (AvgIpc) is 3.37. The molecule has 28 heavy (non-hydrogen) atoms. The van der Waals surface area contributed by atoms with Crippen LogP contribution in [0.5, 0.6) is 0 Å². The van der Waals surface area contributed by atoms with Gasteiger partial charge in [-0.15, -0.1) is 0 Å². The van der Waals surface area contributed by atoms with Crippen molar-refractivity contribution in [2.24, 2.45) is 0 Å². The molecule has 6 nitrogen and oxygen atoms in total. The zero-order valence-corrected chi connectivity index (χ0v) is 18.8. The third kappa shape index (κ3) is 5.18. The van der Waals surface area contributed by atoms with E-state index in [1.165, 1.54) is 9.14 Å². The van der Waals surface area contributed by atoms with Crippen molar-refractivity contribution in [3.05, 3.63) is 69.8 Å². The standard InChI is InChI=1S/C20H20N6Se2/c1-14(18-24-26-20(28-18)22-16-10-6-3-7-11-16)12-13-17-23-25-19(27-17)21-15-8-4-2-5-9-15/h2-11,14H,12-13H2,1H3,(H,21,25)(H,22,26). The summed E-state index contributed by atoms with van der Waals surface area (Å²) < 4.78 is 4.33. The Bertz CT molecular complexity index is 1000. The van der Waals surface area contributed by atoms with Crippen LogP contribution < -0.4 is 10.6 Å². The second-order valence-electron chi connectivity index (χ2n) is 6.37. The van der Waals surface area contributed by atoms with Crippen LogP contribution in [0.15, 0.2) is 60.7 Å². The number of rotatable bonds is 8. The number of nitrogens with one attached hydrogen (secondary N) is 2. The predicted molar refractivity (Wildman–Crippen MR) is 114 cm³/mol. The zero-order chi connectivity index (χ0) is 19.2. The van der Waals surface area contributed by atoms with Gasteiger partial charge in [-0.25, -0.2) is 0 Å². The molecule has 2 heterocycles. The molecule has 2 aromatic heterocycles. The summed E-state index contributed by atoms with van der Waals surface area (Å²) in [6, 6.07) is 20.2. The van der Waals surface area contributed by atoms with Crippen LogP contribution in [0.1, 0.15) is 28.4 Å². The number of hydrogen-bond donors (Lipinski definition) is 2. The fourth-order valence-electron chi connectivity index (χ4n) is 2.64. The van der Waals surface area contributed by atoms with Gasteiger partial charge in [-0.1, -0.05) is 0 Å². The molecule has 0 spiro atoms. The molecule has 0 saturated heterocycles. The maximum absolute atomic E-state index is 4.42. The summed E-state index contributed by atoms with van der Waals surface area (Å²) in [7, 11) is 0. The van der Waals surface area contributed by atoms with Crippen LogP contribution in [0.25, 0.3) is 0 Å². The van der Waals surface area contributed by atoms with Crippen molar-refractivity contribution in [3.8, 4) is 0 Å². The summed E-state index contributed by atoms with van der Waals surface area (Å²) in [4.78, 5) is 0. The Hall–Kier alpha value is -2.24. The molecule has 8 heteroatoms. The molecule has 0 bridgehead atoms. The van der Waals surface area contributed by atoms with Gasteiger partial charge in [0.25, 0.3) is 0 Å². The quantitative estimate of drug-likeness (QED) is 0.359. The van der Waals surface area contributed by atoms with E-state index in [0.29, 0.717) is 5.92 Å². The van der Waals surface area contributed by atoms with Gasteiger partial charge in [0.15, 0.2) is 0 Å². The van der Waals surface area contributed by atoms with Crippen LogP contribution >= 0.6 is 0 Å². The average molecular weight is 502 g/mol. The molecule has 0 aliphatic heterocycles. The number of aryl methyl sites for hydroxylation is 1. The maximum atomic E-state index is 4.42. The number of nitrogens with zero attached hydrogens (tertiary/aromatic N) is 4. The van der Waals surface area contributed by atoms with Gasteiger partial charge in [0.2, 0.25) is 0 Å². The van der Waals surface area contributed by atoms with Crippen LogP contribution in [0.4, 0.5) is 20.8 Å².